The number of amides is 2. The Morgan fingerprint density at radius 2 is 1.83 bits per heavy atom. The highest BCUT2D eigenvalue weighted by Gasteiger charge is 2.48. The molecule has 0 N–H and O–H groups in total. The minimum absolute atomic E-state index is 0.0745. The molecule has 0 aromatic heterocycles. The van der Waals surface area contributed by atoms with E-state index in [0.29, 0.717) is 17.8 Å². The van der Waals surface area contributed by atoms with Gasteiger partial charge in [-0.25, -0.2) is 9.69 Å². The summed E-state index contributed by atoms with van der Waals surface area (Å²) in [5, 5.41) is 0. The molecule has 6 nitrogen and oxygen atoms in total. The third kappa shape index (κ3) is 3.51. The standard InChI is InChI=1S/C17H26N2O4/c1-8-9-23-15(21)12(5)11(4)14-18-17(7,10(2)3)16(22)19(14)13(6)20/h10H,8-9H2,1-7H3. The molecule has 0 aromatic rings. The number of carbonyl (C=O) groups is 3. The van der Waals surface area contributed by atoms with E-state index in [-0.39, 0.29) is 17.7 Å². The van der Waals surface area contributed by atoms with Crippen LogP contribution in [0.5, 0.6) is 0 Å². The van der Waals surface area contributed by atoms with Crippen molar-refractivity contribution in [2.75, 3.05) is 6.61 Å². The zero-order valence-corrected chi connectivity index (χ0v) is 15.0. The molecule has 0 saturated heterocycles. The second kappa shape index (κ2) is 7.06. The number of rotatable bonds is 5. The highest BCUT2D eigenvalue weighted by Crippen LogP contribution is 2.32. The van der Waals surface area contributed by atoms with Crippen molar-refractivity contribution in [1.29, 1.82) is 0 Å². The minimum atomic E-state index is -1.00. The Morgan fingerprint density at radius 3 is 2.26 bits per heavy atom. The first kappa shape index (κ1) is 19.1. The van der Waals surface area contributed by atoms with Gasteiger partial charge in [-0.3, -0.25) is 14.6 Å². The van der Waals surface area contributed by atoms with Crippen molar-refractivity contribution in [2.45, 2.75) is 60.4 Å². The lowest BCUT2D eigenvalue weighted by atomic mass is 9.89. The van der Waals surface area contributed by atoms with Gasteiger partial charge < -0.3 is 4.74 Å². The fourth-order valence-electron chi connectivity index (χ4n) is 2.18. The van der Waals surface area contributed by atoms with Gasteiger partial charge in [0.2, 0.25) is 5.91 Å². The van der Waals surface area contributed by atoms with Crippen LogP contribution in [-0.4, -0.2) is 40.7 Å². The van der Waals surface area contributed by atoms with Crippen LogP contribution >= 0.6 is 0 Å². The molecule has 1 atom stereocenters. The van der Waals surface area contributed by atoms with Crippen molar-refractivity contribution >= 4 is 23.6 Å². The first-order valence-electron chi connectivity index (χ1n) is 7.87. The van der Waals surface area contributed by atoms with E-state index in [1.54, 1.807) is 20.8 Å². The van der Waals surface area contributed by atoms with E-state index in [9.17, 15) is 14.4 Å². The second-order valence-corrected chi connectivity index (χ2v) is 6.28. The predicted molar refractivity (Wildman–Crippen MR) is 87.8 cm³/mol. The molecule has 1 aliphatic heterocycles. The van der Waals surface area contributed by atoms with Gasteiger partial charge in [0, 0.05) is 18.1 Å². The van der Waals surface area contributed by atoms with Crippen LogP contribution in [0.2, 0.25) is 0 Å². The zero-order valence-electron chi connectivity index (χ0n) is 15.0. The third-order valence-electron chi connectivity index (χ3n) is 4.27. The van der Waals surface area contributed by atoms with E-state index in [1.807, 2.05) is 20.8 Å². The van der Waals surface area contributed by atoms with Gasteiger partial charge in [0.15, 0.2) is 0 Å². The van der Waals surface area contributed by atoms with Gasteiger partial charge in [-0.1, -0.05) is 20.8 Å². The van der Waals surface area contributed by atoms with E-state index < -0.39 is 17.4 Å². The molecule has 128 valence electrons. The van der Waals surface area contributed by atoms with Crippen molar-refractivity contribution in [3.05, 3.63) is 11.1 Å². The number of ether oxygens (including phenoxy) is 1. The maximum atomic E-state index is 12.6. The fourth-order valence-corrected chi connectivity index (χ4v) is 2.18. The molecule has 0 spiro atoms. The largest absolute Gasteiger partial charge is 0.462 e. The summed E-state index contributed by atoms with van der Waals surface area (Å²) < 4.78 is 5.12. The van der Waals surface area contributed by atoms with Crippen molar-refractivity contribution < 1.29 is 19.1 Å². The maximum absolute atomic E-state index is 12.6. The predicted octanol–water partition coefficient (Wildman–Crippen LogP) is 2.48. The number of hydrogen-bond donors (Lipinski definition) is 0. The number of carbonyl (C=O) groups excluding carboxylic acids is 3. The van der Waals surface area contributed by atoms with Crippen LogP contribution in [0.1, 0.15) is 54.9 Å². The summed E-state index contributed by atoms with van der Waals surface area (Å²) in [6.07, 6.45) is 0.725. The van der Waals surface area contributed by atoms with Crippen molar-refractivity contribution in [2.24, 2.45) is 10.9 Å². The molecule has 0 saturated carbocycles. The molecule has 0 aromatic carbocycles. The fraction of sp³-hybridized carbons (Fsp3) is 0.647. The Kier molecular flexibility index (Phi) is 5.86. The van der Waals surface area contributed by atoms with E-state index >= 15 is 0 Å². The molecule has 1 unspecified atom stereocenters. The normalized spacial score (nSPS) is 22.2. The first-order chi connectivity index (χ1) is 10.6. The smallest absolute Gasteiger partial charge is 0.334 e. The van der Waals surface area contributed by atoms with Crippen molar-refractivity contribution in [1.82, 2.24) is 4.90 Å². The highest BCUT2D eigenvalue weighted by molar-refractivity contribution is 6.24. The monoisotopic (exact) mass is 322 g/mol. The quantitative estimate of drug-likeness (QED) is 0.575. The van der Waals surface area contributed by atoms with Gasteiger partial charge in [0.1, 0.15) is 11.4 Å². The van der Waals surface area contributed by atoms with Gasteiger partial charge in [-0.15, -0.1) is 0 Å². The summed E-state index contributed by atoms with van der Waals surface area (Å²) >= 11 is 0. The lowest BCUT2D eigenvalue weighted by molar-refractivity contribution is -0.141. The Hall–Kier alpha value is -1.98. The summed E-state index contributed by atoms with van der Waals surface area (Å²) in [4.78, 5) is 42.2. The molecular weight excluding hydrogens is 296 g/mol. The van der Waals surface area contributed by atoms with Gasteiger partial charge in [0.25, 0.3) is 5.91 Å². The molecule has 1 rings (SSSR count). The topological polar surface area (TPSA) is 76.0 Å². The molecule has 2 amide bonds. The summed E-state index contributed by atoms with van der Waals surface area (Å²) in [5.74, 6) is -1.06. The maximum Gasteiger partial charge on any atom is 0.334 e. The van der Waals surface area contributed by atoms with Crippen LogP contribution in [-0.2, 0) is 19.1 Å². The van der Waals surface area contributed by atoms with Crippen LogP contribution in [0, 0.1) is 5.92 Å². The molecule has 23 heavy (non-hydrogen) atoms. The molecule has 1 aliphatic rings. The van der Waals surface area contributed by atoms with Crippen LogP contribution in [0.25, 0.3) is 0 Å². The summed E-state index contributed by atoms with van der Waals surface area (Å²) in [6.45, 7) is 12.3. The molecular formula is C17H26N2O4. The summed E-state index contributed by atoms with van der Waals surface area (Å²) in [6, 6.07) is 0. The second-order valence-electron chi connectivity index (χ2n) is 6.28. The molecule has 6 heteroatoms. The number of amidine groups is 1. The van der Waals surface area contributed by atoms with Crippen molar-refractivity contribution in [3.8, 4) is 0 Å². The summed E-state index contributed by atoms with van der Waals surface area (Å²) in [7, 11) is 0. The Morgan fingerprint density at radius 1 is 1.26 bits per heavy atom. The van der Waals surface area contributed by atoms with E-state index in [2.05, 4.69) is 4.99 Å². The first-order valence-corrected chi connectivity index (χ1v) is 7.87. The number of nitrogens with zero attached hydrogens (tertiary/aromatic N) is 2. The summed E-state index contributed by atoms with van der Waals surface area (Å²) in [5.41, 5.74) is -0.168. The van der Waals surface area contributed by atoms with Gasteiger partial charge in [-0.2, -0.15) is 0 Å². The van der Waals surface area contributed by atoms with Crippen molar-refractivity contribution in [3.63, 3.8) is 0 Å². The number of imide groups is 1. The minimum Gasteiger partial charge on any atom is -0.462 e. The van der Waals surface area contributed by atoms with Crippen LogP contribution in [0.3, 0.4) is 0 Å². The Balaban J connectivity index is 3.33. The Labute approximate surface area is 137 Å². The van der Waals surface area contributed by atoms with Crippen LogP contribution < -0.4 is 0 Å². The average Bonchev–Trinajstić information content (AvgIpc) is 2.76. The van der Waals surface area contributed by atoms with E-state index in [4.69, 9.17) is 4.74 Å². The Bertz CT molecular complexity index is 589. The van der Waals surface area contributed by atoms with Gasteiger partial charge in [0.05, 0.1) is 6.61 Å². The van der Waals surface area contributed by atoms with Gasteiger partial charge in [-0.05, 0) is 33.1 Å². The zero-order chi connectivity index (χ0) is 17.9. The SMILES string of the molecule is CCCOC(=O)C(C)=C(C)C1=NC(C)(C(C)C)C(=O)N1C(C)=O. The lowest BCUT2D eigenvalue weighted by Gasteiger charge is -2.24. The molecule has 1 heterocycles. The molecule has 0 fully saturated rings. The molecule has 0 aliphatic carbocycles. The molecule has 0 bridgehead atoms. The molecule has 0 radical (unpaired) electrons. The number of aliphatic imine (C=N–C) groups is 1. The average molecular weight is 322 g/mol. The number of esters is 1. The van der Waals surface area contributed by atoms with E-state index in [0.717, 1.165) is 11.3 Å². The third-order valence-corrected chi connectivity index (χ3v) is 4.27. The van der Waals surface area contributed by atoms with Gasteiger partial charge >= 0.3 is 5.97 Å². The van der Waals surface area contributed by atoms with Crippen LogP contribution in [0.15, 0.2) is 16.1 Å². The highest BCUT2D eigenvalue weighted by atomic mass is 16.5. The number of hydrogen-bond acceptors (Lipinski definition) is 5. The van der Waals surface area contributed by atoms with E-state index in [1.165, 1.54) is 6.92 Å². The van der Waals surface area contributed by atoms with Crippen LogP contribution in [0.4, 0.5) is 0 Å². The lowest BCUT2D eigenvalue weighted by Crippen LogP contribution is -2.46.